The number of hydrogen-bond donors (Lipinski definition) is 0. The van der Waals surface area contributed by atoms with E-state index in [0.717, 1.165) is 25.7 Å². The molecule has 2 aliphatic rings. The van der Waals surface area contributed by atoms with Crippen molar-refractivity contribution in [3.8, 4) is 6.07 Å². The van der Waals surface area contributed by atoms with E-state index in [-0.39, 0.29) is 31.2 Å². The third kappa shape index (κ3) is 3.19. The van der Waals surface area contributed by atoms with Gasteiger partial charge in [-0.1, -0.05) is 6.92 Å². The predicted octanol–water partition coefficient (Wildman–Crippen LogP) is 3.50. The zero-order valence-corrected chi connectivity index (χ0v) is 12.7. The molecule has 1 aliphatic heterocycles. The molecule has 0 amide bonds. The van der Waals surface area contributed by atoms with Gasteiger partial charge in [0.2, 0.25) is 0 Å². The Morgan fingerprint density at radius 3 is 2.29 bits per heavy atom. The number of nitriles is 1. The zero-order valence-electron chi connectivity index (χ0n) is 12.7. The monoisotopic (exact) mass is 304 g/mol. The average molecular weight is 304 g/mol. The summed E-state index contributed by atoms with van der Waals surface area (Å²) in [6, 6.07) is 2.42. The van der Waals surface area contributed by atoms with E-state index in [1.54, 1.807) is 6.92 Å². The summed E-state index contributed by atoms with van der Waals surface area (Å²) in [7, 11) is 0. The molecule has 0 spiro atoms. The van der Waals surface area contributed by atoms with Crippen LogP contribution in [0.25, 0.3) is 0 Å². The molecule has 1 heterocycles. The van der Waals surface area contributed by atoms with Gasteiger partial charge in [0.15, 0.2) is 5.60 Å². The molecule has 2 rings (SSSR count). The first kappa shape index (κ1) is 16.6. The topological polar surface area (TPSA) is 36.3 Å². The van der Waals surface area contributed by atoms with Crippen molar-refractivity contribution in [1.29, 1.82) is 5.26 Å². The number of hydrogen-bond acceptors (Lipinski definition) is 3. The maximum absolute atomic E-state index is 13.1. The minimum absolute atomic E-state index is 0.0388. The third-order valence-electron chi connectivity index (χ3n) is 5.04. The lowest BCUT2D eigenvalue weighted by Gasteiger charge is -2.54. The number of nitrogens with zero attached hydrogens (tertiary/aromatic N) is 2. The number of rotatable bonds is 4. The van der Waals surface area contributed by atoms with Crippen LogP contribution in [-0.4, -0.2) is 42.4 Å². The van der Waals surface area contributed by atoms with Crippen LogP contribution >= 0.6 is 0 Å². The maximum Gasteiger partial charge on any atom is 0.419 e. The normalized spacial score (nSPS) is 33.2. The molecule has 0 atom stereocenters. The molecule has 0 radical (unpaired) electrons. The Balaban J connectivity index is 1.89. The molecule has 1 saturated carbocycles. The Bertz CT molecular complexity index is 402. The van der Waals surface area contributed by atoms with Crippen molar-refractivity contribution < 1.29 is 17.9 Å². The minimum Gasteiger partial charge on any atom is -0.363 e. The number of alkyl halides is 3. The van der Waals surface area contributed by atoms with Crippen molar-refractivity contribution in [2.24, 2.45) is 5.41 Å². The Kier molecular flexibility index (Phi) is 4.55. The van der Waals surface area contributed by atoms with E-state index in [2.05, 4.69) is 13.0 Å². The highest BCUT2D eigenvalue weighted by atomic mass is 19.4. The molecule has 120 valence electrons. The Morgan fingerprint density at radius 1 is 1.29 bits per heavy atom. The van der Waals surface area contributed by atoms with E-state index < -0.39 is 11.8 Å². The summed E-state index contributed by atoms with van der Waals surface area (Å²) in [4.78, 5) is 1.90. The van der Waals surface area contributed by atoms with Crippen LogP contribution in [0.4, 0.5) is 13.2 Å². The molecule has 21 heavy (non-hydrogen) atoms. The van der Waals surface area contributed by atoms with Crippen LogP contribution in [0.5, 0.6) is 0 Å². The van der Waals surface area contributed by atoms with Crippen LogP contribution in [0.15, 0.2) is 0 Å². The molecule has 0 bridgehead atoms. The molecular formula is C15H23F3N2O. The van der Waals surface area contributed by atoms with Crippen LogP contribution in [0.1, 0.15) is 46.0 Å². The molecule has 0 aromatic heterocycles. The SMILES string of the molecule is CCOC1(C(F)(F)F)CN([C@H]2CC[C@@](C)(CC#N)CC2)C1. The predicted molar refractivity (Wildman–Crippen MR) is 72.6 cm³/mol. The Morgan fingerprint density at radius 2 is 1.86 bits per heavy atom. The summed E-state index contributed by atoms with van der Waals surface area (Å²) in [5.74, 6) is 0. The summed E-state index contributed by atoms with van der Waals surface area (Å²) in [6.07, 6.45) is -0.199. The van der Waals surface area contributed by atoms with Gasteiger partial charge in [-0.05, 0) is 38.0 Å². The first-order valence-electron chi connectivity index (χ1n) is 7.57. The fourth-order valence-corrected chi connectivity index (χ4v) is 3.53. The van der Waals surface area contributed by atoms with Crippen LogP contribution in [0, 0.1) is 16.7 Å². The van der Waals surface area contributed by atoms with Crippen LogP contribution in [-0.2, 0) is 4.74 Å². The number of ether oxygens (including phenoxy) is 1. The highest BCUT2D eigenvalue weighted by Gasteiger charge is 2.63. The summed E-state index contributed by atoms with van der Waals surface area (Å²) in [5.41, 5.74) is -1.92. The minimum atomic E-state index is -4.30. The summed E-state index contributed by atoms with van der Waals surface area (Å²) in [5, 5.41) is 8.83. The van der Waals surface area contributed by atoms with Gasteiger partial charge >= 0.3 is 6.18 Å². The van der Waals surface area contributed by atoms with Gasteiger partial charge in [0.25, 0.3) is 0 Å². The summed E-state index contributed by atoms with van der Waals surface area (Å²) >= 11 is 0. The number of halogens is 3. The van der Waals surface area contributed by atoms with Gasteiger partial charge in [0.1, 0.15) is 0 Å². The van der Waals surface area contributed by atoms with Crippen LogP contribution in [0.2, 0.25) is 0 Å². The summed E-state index contributed by atoms with van der Waals surface area (Å²) < 4.78 is 44.4. The standard InChI is InChI=1S/C15H23F3N2O/c1-3-21-14(15(16,17)18)10-20(11-14)12-4-6-13(2,7-5-12)8-9-19/h12H,3-8,10-11H2,1-2H3/t12-,13+. The van der Waals surface area contributed by atoms with Crippen molar-refractivity contribution in [1.82, 2.24) is 4.90 Å². The highest BCUT2D eigenvalue weighted by Crippen LogP contribution is 2.46. The van der Waals surface area contributed by atoms with Crippen molar-refractivity contribution in [2.75, 3.05) is 19.7 Å². The van der Waals surface area contributed by atoms with E-state index in [0.29, 0.717) is 6.42 Å². The smallest absolute Gasteiger partial charge is 0.363 e. The van der Waals surface area contributed by atoms with Gasteiger partial charge in [0, 0.05) is 32.2 Å². The molecule has 0 aromatic carbocycles. The quantitative estimate of drug-likeness (QED) is 0.797. The van der Waals surface area contributed by atoms with E-state index in [1.807, 2.05) is 4.90 Å². The van der Waals surface area contributed by atoms with Crippen molar-refractivity contribution >= 4 is 0 Å². The van der Waals surface area contributed by atoms with Gasteiger partial charge in [0.05, 0.1) is 6.07 Å². The first-order chi connectivity index (χ1) is 9.75. The van der Waals surface area contributed by atoms with Gasteiger partial charge in [-0.3, -0.25) is 4.90 Å². The largest absolute Gasteiger partial charge is 0.419 e. The van der Waals surface area contributed by atoms with Crippen molar-refractivity contribution in [3.05, 3.63) is 0 Å². The third-order valence-corrected chi connectivity index (χ3v) is 5.04. The maximum atomic E-state index is 13.1. The fourth-order valence-electron chi connectivity index (χ4n) is 3.53. The second-order valence-corrected chi connectivity index (χ2v) is 6.71. The Labute approximate surface area is 124 Å². The number of likely N-dealkylation sites (tertiary alicyclic amines) is 1. The van der Waals surface area contributed by atoms with Crippen molar-refractivity contribution in [3.63, 3.8) is 0 Å². The van der Waals surface area contributed by atoms with E-state index >= 15 is 0 Å². The molecule has 1 saturated heterocycles. The average Bonchev–Trinajstić information content (AvgIpc) is 2.33. The lowest BCUT2D eigenvalue weighted by Crippen LogP contribution is -2.72. The second kappa shape index (κ2) is 5.77. The molecule has 0 unspecified atom stereocenters. The molecule has 3 nitrogen and oxygen atoms in total. The molecule has 1 aliphatic carbocycles. The van der Waals surface area contributed by atoms with Gasteiger partial charge in [-0.15, -0.1) is 0 Å². The highest BCUT2D eigenvalue weighted by molar-refractivity contribution is 5.06. The summed E-state index contributed by atoms with van der Waals surface area (Å²) in [6.45, 7) is 3.68. The van der Waals surface area contributed by atoms with Gasteiger partial charge in [-0.25, -0.2) is 0 Å². The fraction of sp³-hybridized carbons (Fsp3) is 0.933. The van der Waals surface area contributed by atoms with Gasteiger partial charge in [-0.2, -0.15) is 18.4 Å². The molecule has 6 heteroatoms. The second-order valence-electron chi connectivity index (χ2n) is 6.71. The molecule has 0 N–H and O–H groups in total. The first-order valence-corrected chi connectivity index (χ1v) is 7.57. The van der Waals surface area contributed by atoms with E-state index in [1.165, 1.54) is 0 Å². The lowest BCUT2D eigenvalue weighted by molar-refractivity contribution is -0.322. The lowest BCUT2D eigenvalue weighted by atomic mass is 9.71. The van der Waals surface area contributed by atoms with Crippen LogP contribution < -0.4 is 0 Å². The van der Waals surface area contributed by atoms with E-state index in [4.69, 9.17) is 10.00 Å². The van der Waals surface area contributed by atoms with Crippen molar-refractivity contribution in [2.45, 2.75) is 63.8 Å². The van der Waals surface area contributed by atoms with Crippen LogP contribution in [0.3, 0.4) is 0 Å². The molecule has 0 aromatic rings. The zero-order chi connectivity index (χ0) is 15.7. The molecular weight excluding hydrogens is 281 g/mol. The van der Waals surface area contributed by atoms with E-state index in [9.17, 15) is 13.2 Å². The Hall–Kier alpha value is -0.800. The molecule has 2 fully saturated rings. The van der Waals surface area contributed by atoms with Gasteiger partial charge < -0.3 is 4.74 Å².